The molecule has 2 aromatic carbocycles. The number of nitrogens with zero attached hydrogens (tertiary/aromatic N) is 2. The minimum absolute atomic E-state index is 0.0681. The van der Waals surface area contributed by atoms with Crippen molar-refractivity contribution in [2.75, 3.05) is 27.3 Å². The van der Waals surface area contributed by atoms with Gasteiger partial charge in [0.25, 0.3) is 5.91 Å². The number of ether oxygens (including phenoxy) is 2. The molecule has 0 bridgehead atoms. The maximum absolute atomic E-state index is 13.0. The Hall–Kier alpha value is -2.58. The van der Waals surface area contributed by atoms with Crippen LogP contribution >= 0.6 is 15.9 Å². The second kappa shape index (κ2) is 8.04. The van der Waals surface area contributed by atoms with Gasteiger partial charge in [-0.25, -0.2) is 15.3 Å². The third-order valence-corrected chi connectivity index (χ3v) is 5.72. The van der Waals surface area contributed by atoms with E-state index in [0.29, 0.717) is 48.8 Å². The molecule has 1 fully saturated rings. The van der Waals surface area contributed by atoms with Gasteiger partial charge in [-0.1, -0.05) is 28.1 Å². The maximum atomic E-state index is 13.0. The summed E-state index contributed by atoms with van der Waals surface area (Å²) in [6.45, 7) is 1.09. The van der Waals surface area contributed by atoms with Gasteiger partial charge in [0, 0.05) is 42.0 Å². The first-order chi connectivity index (χ1) is 14.0. The number of methoxy groups -OCH3 is 2. The van der Waals surface area contributed by atoms with Crippen LogP contribution < -0.4 is 15.0 Å². The highest BCUT2D eigenvalue weighted by molar-refractivity contribution is 9.10. The van der Waals surface area contributed by atoms with Gasteiger partial charge in [0.1, 0.15) is 11.5 Å². The number of hydrogen-bond acceptors (Lipinski definition) is 6. The van der Waals surface area contributed by atoms with Crippen molar-refractivity contribution in [2.24, 2.45) is 4.99 Å². The van der Waals surface area contributed by atoms with Crippen molar-refractivity contribution in [3.63, 3.8) is 0 Å². The minimum atomic E-state index is -0.640. The van der Waals surface area contributed by atoms with Gasteiger partial charge in [0.15, 0.2) is 11.6 Å². The topological polar surface area (TPSA) is 72.4 Å². The van der Waals surface area contributed by atoms with Crippen LogP contribution in [-0.2, 0) is 4.84 Å². The largest absolute Gasteiger partial charge is 0.497 e. The Labute approximate surface area is 177 Å². The van der Waals surface area contributed by atoms with E-state index in [4.69, 9.17) is 19.3 Å². The highest BCUT2D eigenvalue weighted by atomic mass is 79.9. The summed E-state index contributed by atoms with van der Waals surface area (Å²) in [5.74, 6) is 1.80. The average molecular weight is 460 g/mol. The van der Waals surface area contributed by atoms with Crippen molar-refractivity contribution in [1.82, 2.24) is 10.4 Å². The number of hydroxylamine groups is 1. The van der Waals surface area contributed by atoms with E-state index < -0.39 is 5.72 Å². The lowest BCUT2D eigenvalue weighted by Gasteiger charge is -2.35. The van der Waals surface area contributed by atoms with Crippen LogP contribution in [0.25, 0.3) is 0 Å². The summed E-state index contributed by atoms with van der Waals surface area (Å²) in [7, 11) is 3.13. The van der Waals surface area contributed by atoms with E-state index in [1.54, 1.807) is 32.4 Å². The third kappa shape index (κ3) is 3.95. The molecule has 0 aliphatic carbocycles. The fourth-order valence-corrected chi connectivity index (χ4v) is 3.97. The number of likely N-dealkylation sites (tertiary alicyclic amines) is 1. The number of amides is 1. The van der Waals surface area contributed by atoms with Crippen molar-refractivity contribution < 1.29 is 19.1 Å². The van der Waals surface area contributed by atoms with Crippen LogP contribution in [0.4, 0.5) is 0 Å². The van der Waals surface area contributed by atoms with Crippen LogP contribution in [0.1, 0.15) is 28.8 Å². The Morgan fingerprint density at radius 1 is 1.17 bits per heavy atom. The molecule has 1 saturated heterocycles. The van der Waals surface area contributed by atoms with Crippen molar-refractivity contribution in [1.29, 1.82) is 0 Å². The number of amidine groups is 1. The Balaban J connectivity index is 1.46. The van der Waals surface area contributed by atoms with Crippen LogP contribution in [0.15, 0.2) is 51.9 Å². The average Bonchev–Trinajstić information content (AvgIpc) is 3.17. The van der Waals surface area contributed by atoms with E-state index in [-0.39, 0.29) is 5.91 Å². The monoisotopic (exact) mass is 459 g/mol. The smallest absolute Gasteiger partial charge is 0.257 e. The Bertz CT molecular complexity index is 955. The number of carbonyl (C=O) groups excluding carboxylic acids is 1. The Morgan fingerprint density at radius 3 is 2.66 bits per heavy atom. The SMILES string of the molecule is COc1ccc(C(=O)N2CCC3(CC2)N=C(c2cccc(Br)c2)NO3)c(OC)c1. The molecule has 2 heterocycles. The van der Waals surface area contributed by atoms with E-state index >= 15 is 0 Å². The van der Waals surface area contributed by atoms with Crippen molar-refractivity contribution in [3.05, 3.63) is 58.1 Å². The number of piperidine rings is 1. The number of carbonyl (C=O) groups is 1. The summed E-state index contributed by atoms with van der Waals surface area (Å²) in [5.41, 5.74) is 3.80. The zero-order valence-corrected chi connectivity index (χ0v) is 17.9. The van der Waals surface area contributed by atoms with E-state index in [1.807, 2.05) is 29.2 Å². The van der Waals surface area contributed by atoms with Crippen molar-refractivity contribution in [3.8, 4) is 11.5 Å². The lowest BCUT2D eigenvalue weighted by atomic mass is 10.00. The summed E-state index contributed by atoms with van der Waals surface area (Å²) in [6, 6.07) is 13.1. The van der Waals surface area contributed by atoms with E-state index in [0.717, 1.165) is 10.0 Å². The molecule has 8 heteroatoms. The molecule has 2 aromatic rings. The molecular weight excluding hydrogens is 438 g/mol. The predicted molar refractivity (Wildman–Crippen MR) is 112 cm³/mol. The van der Waals surface area contributed by atoms with Crippen LogP contribution in [0, 0.1) is 0 Å². The first kappa shape index (κ1) is 19.7. The van der Waals surface area contributed by atoms with Gasteiger partial charge in [0.05, 0.1) is 19.8 Å². The highest BCUT2D eigenvalue weighted by Gasteiger charge is 2.41. The molecule has 0 unspecified atom stereocenters. The number of rotatable bonds is 4. The molecule has 0 atom stereocenters. The molecule has 0 aromatic heterocycles. The van der Waals surface area contributed by atoms with Gasteiger partial charge in [0.2, 0.25) is 0 Å². The van der Waals surface area contributed by atoms with Gasteiger partial charge in [-0.2, -0.15) is 0 Å². The van der Waals surface area contributed by atoms with Gasteiger partial charge in [-0.15, -0.1) is 0 Å². The maximum Gasteiger partial charge on any atom is 0.257 e. The van der Waals surface area contributed by atoms with Crippen LogP contribution in [-0.4, -0.2) is 49.7 Å². The van der Waals surface area contributed by atoms with Crippen LogP contribution in [0.2, 0.25) is 0 Å². The molecule has 1 spiro atoms. The Morgan fingerprint density at radius 2 is 1.97 bits per heavy atom. The van der Waals surface area contributed by atoms with Crippen LogP contribution in [0.3, 0.4) is 0 Å². The number of halogens is 1. The van der Waals surface area contributed by atoms with Gasteiger partial charge in [-0.05, 0) is 24.3 Å². The summed E-state index contributed by atoms with van der Waals surface area (Å²) < 4.78 is 11.6. The zero-order valence-electron chi connectivity index (χ0n) is 16.3. The lowest BCUT2D eigenvalue weighted by Crippen LogP contribution is -2.46. The highest BCUT2D eigenvalue weighted by Crippen LogP contribution is 2.33. The zero-order chi connectivity index (χ0) is 20.4. The van der Waals surface area contributed by atoms with Crippen LogP contribution in [0.5, 0.6) is 11.5 Å². The quantitative estimate of drug-likeness (QED) is 0.758. The summed E-state index contributed by atoms with van der Waals surface area (Å²) >= 11 is 3.48. The number of nitrogens with one attached hydrogen (secondary N) is 1. The normalized spacial score (nSPS) is 17.6. The van der Waals surface area contributed by atoms with Gasteiger partial charge >= 0.3 is 0 Å². The summed E-state index contributed by atoms with van der Waals surface area (Å²) in [5, 5.41) is 0. The second-order valence-corrected chi connectivity index (χ2v) is 7.90. The molecule has 7 nitrogen and oxygen atoms in total. The molecule has 152 valence electrons. The van der Waals surface area contributed by atoms with Crippen molar-refractivity contribution in [2.45, 2.75) is 18.6 Å². The fraction of sp³-hybridized carbons (Fsp3) is 0.333. The first-order valence-corrected chi connectivity index (χ1v) is 10.1. The standard InChI is InChI=1S/C21H22BrN3O4/c1-27-16-6-7-17(18(13-16)28-2)20(26)25-10-8-21(9-11-25)23-19(24-29-21)14-4-3-5-15(22)12-14/h3-7,12-13H,8-11H2,1-2H3,(H,23,24). The van der Waals surface area contributed by atoms with E-state index in [2.05, 4.69) is 21.4 Å². The number of benzene rings is 2. The summed E-state index contributed by atoms with van der Waals surface area (Å²) in [6.07, 6.45) is 1.23. The lowest BCUT2D eigenvalue weighted by molar-refractivity contribution is -0.0849. The fourth-order valence-electron chi connectivity index (χ4n) is 3.57. The second-order valence-electron chi connectivity index (χ2n) is 6.98. The van der Waals surface area contributed by atoms with Gasteiger partial charge in [-0.3, -0.25) is 4.79 Å². The molecule has 2 aliphatic rings. The number of hydrogen-bond donors (Lipinski definition) is 1. The third-order valence-electron chi connectivity index (χ3n) is 5.22. The van der Waals surface area contributed by atoms with E-state index in [9.17, 15) is 4.79 Å². The first-order valence-electron chi connectivity index (χ1n) is 9.35. The Kier molecular flexibility index (Phi) is 5.47. The van der Waals surface area contributed by atoms with Gasteiger partial charge < -0.3 is 14.4 Å². The molecule has 0 saturated carbocycles. The molecule has 1 amide bonds. The molecule has 1 N–H and O–H groups in total. The van der Waals surface area contributed by atoms with E-state index in [1.165, 1.54) is 0 Å². The summed E-state index contributed by atoms with van der Waals surface area (Å²) in [4.78, 5) is 25.5. The molecule has 29 heavy (non-hydrogen) atoms. The molecule has 0 radical (unpaired) electrons. The molecule has 2 aliphatic heterocycles. The van der Waals surface area contributed by atoms with Crippen molar-refractivity contribution >= 4 is 27.7 Å². The molecule has 4 rings (SSSR count). The minimum Gasteiger partial charge on any atom is -0.497 e. The molecular formula is C21H22BrN3O4. The predicted octanol–water partition coefficient (Wildman–Crippen LogP) is 3.38. The number of aliphatic imine (C=N–C) groups is 1.